The lowest BCUT2D eigenvalue weighted by atomic mass is 10.1. The van der Waals surface area contributed by atoms with Crippen molar-refractivity contribution in [3.8, 4) is 0 Å². The third-order valence-electron chi connectivity index (χ3n) is 3.10. The second kappa shape index (κ2) is 5.29. The van der Waals surface area contributed by atoms with Gasteiger partial charge in [-0.25, -0.2) is 0 Å². The van der Waals surface area contributed by atoms with Crippen LogP contribution in [0.25, 0.3) is 0 Å². The summed E-state index contributed by atoms with van der Waals surface area (Å²) in [7, 11) is 0. The molecule has 1 unspecified atom stereocenters. The lowest BCUT2D eigenvalue weighted by Crippen LogP contribution is -2.25. The van der Waals surface area contributed by atoms with E-state index in [1.165, 1.54) is 0 Å². The van der Waals surface area contributed by atoms with Gasteiger partial charge in [-0.2, -0.15) is 0 Å². The number of hydrogen-bond donors (Lipinski definition) is 2. The molecule has 1 fully saturated rings. The van der Waals surface area contributed by atoms with Gasteiger partial charge in [0.25, 0.3) is 0 Å². The zero-order valence-electron chi connectivity index (χ0n) is 9.67. The Kier molecular flexibility index (Phi) is 3.76. The van der Waals surface area contributed by atoms with Crippen molar-refractivity contribution in [1.82, 2.24) is 4.90 Å². The van der Waals surface area contributed by atoms with Gasteiger partial charge in [0.2, 0.25) is 5.91 Å². The number of carbonyl (C=O) groups excluding carboxylic acids is 1. The van der Waals surface area contributed by atoms with Crippen molar-refractivity contribution in [2.45, 2.75) is 19.6 Å². The lowest BCUT2D eigenvalue weighted by molar-refractivity contribution is -0.128. The van der Waals surface area contributed by atoms with Gasteiger partial charge in [-0.15, -0.1) is 0 Å². The fourth-order valence-electron chi connectivity index (χ4n) is 2.18. The van der Waals surface area contributed by atoms with E-state index in [9.17, 15) is 4.79 Å². The van der Waals surface area contributed by atoms with Crippen LogP contribution in [0.3, 0.4) is 0 Å². The third-order valence-corrected chi connectivity index (χ3v) is 3.10. The Morgan fingerprint density at radius 2 is 2.06 bits per heavy atom. The van der Waals surface area contributed by atoms with Crippen molar-refractivity contribution in [3.63, 3.8) is 0 Å². The van der Waals surface area contributed by atoms with Crippen molar-refractivity contribution < 1.29 is 15.0 Å². The Hall–Kier alpha value is -1.39. The van der Waals surface area contributed by atoms with Gasteiger partial charge in [0.05, 0.1) is 6.61 Å². The molecule has 1 aromatic carbocycles. The van der Waals surface area contributed by atoms with Crippen LogP contribution in [0.15, 0.2) is 24.3 Å². The highest BCUT2D eigenvalue weighted by molar-refractivity contribution is 5.78. The van der Waals surface area contributed by atoms with E-state index < -0.39 is 0 Å². The van der Waals surface area contributed by atoms with Gasteiger partial charge in [0.15, 0.2) is 0 Å². The highest BCUT2D eigenvalue weighted by Gasteiger charge is 2.28. The van der Waals surface area contributed by atoms with Crippen LogP contribution in [0.4, 0.5) is 0 Å². The molecule has 0 aromatic heterocycles. The van der Waals surface area contributed by atoms with Crippen molar-refractivity contribution in [3.05, 3.63) is 35.4 Å². The number of likely N-dealkylation sites (tertiary alicyclic amines) is 1. The quantitative estimate of drug-likeness (QED) is 0.800. The van der Waals surface area contributed by atoms with Gasteiger partial charge in [-0.1, -0.05) is 24.3 Å². The molecule has 0 spiro atoms. The average Bonchev–Trinajstić information content (AvgIpc) is 2.70. The standard InChI is InChI=1S/C13H17NO3/c15-8-11-3-1-2-10(4-11)6-14-7-12(9-16)5-13(14)17/h1-4,12,15-16H,5-9H2. The summed E-state index contributed by atoms with van der Waals surface area (Å²) in [5, 5.41) is 18.1. The zero-order valence-corrected chi connectivity index (χ0v) is 9.67. The number of hydrogen-bond acceptors (Lipinski definition) is 3. The van der Waals surface area contributed by atoms with Crippen molar-refractivity contribution in [2.24, 2.45) is 5.92 Å². The van der Waals surface area contributed by atoms with Crippen molar-refractivity contribution in [1.29, 1.82) is 0 Å². The summed E-state index contributed by atoms with van der Waals surface area (Å²) < 4.78 is 0. The molecule has 0 aliphatic carbocycles. The fourth-order valence-corrected chi connectivity index (χ4v) is 2.18. The molecule has 17 heavy (non-hydrogen) atoms. The molecule has 1 aliphatic heterocycles. The van der Waals surface area contributed by atoms with Gasteiger partial charge in [0, 0.05) is 32.0 Å². The maximum atomic E-state index is 11.7. The van der Waals surface area contributed by atoms with Crippen LogP contribution in [0.2, 0.25) is 0 Å². The van der Waals surface area contributed by atoms with Gasteiger partial charge in [-0.05, 0) is 11.1 Å². The molecule has 1 saturated heterocycles. The first kappa shape index (κ1) is 12.1. The maximum Gasteiger partial charge on any atom is 0.223 e. The molecule has 4 heteroatoms. The normalized spacial score (nSPS) is 20.0. The van der Waals surface area contributed by atoms with E-state index in [4.69, 9.17) is 10.2 Å². The number of carbonyl (C=O) groups is 1. The van der Waals surface area contributed by atoms with Crippen LogP contribution in [0.5, 0.6) is 0 Å². The third kappa shape index (κ3) is 2.84. The summed E-state index contributed by atoms with van der Waals surface area (Å²) >= 11 is 0. The number of aliphatic hydroxyl groups excluding tert-OH is 2. The van der Waals surface area contributed by atoms with Crippen LogP contribution >= 0.6 is 0 Å². The average molecular weight is 235 g/mol. The summed E-state index contributed by atoms with van der Waals surface area (Å²) in [5.41, 5.74) is 1.87. The first-order valence-corrected chi connectivity index (χ1v) is 5.80. The van der Waals surface area contributed by atoms with Gasteiger partial charge in [-0.3, -0.25) is 4.79 Å². The molecule has 1 aromatic rings. The monoisotopic (exact) mass is 235 g/mol. The highest BCUT2D eigenvalue weighted by atomic mass is 16.3. The Balaban J connectivity index is 2.03. The van der Waals surface area contributed by atoms with E-state index in [1.807, 2.05) is 24.3 Å². The van der Waals surface area contributed by atoms with Gasteiger partial charge < -0.3 is 15.1 Å². The summed E-state index contributed by atoms with van der Waals surface area (Å²) in [6.07, 6.45) is 0.441. The molecule has 1 heterocycles. The predicted octanol–water partition coefficient (Wildman–Crippen LogP) is 0.520. The van der Waals surface area contributed by atoms with Gasteiger partial charge >= 0.3 is 0 Å². The van der Waals surface area contributed by atoms with Crippen LogP contribution in [0.1, 0.15) is 17.5 Å². The van der Waals surface area contributed by atoms with Crippen LogP contribution in [-0.4, -0.2) is 34.2 Å². The Morgan fingerprint density at radius 1 is 1.29 bits per heavy atom. The summed E-state index contributed by atoms with van der Waals surface area (Å²) in [5.74, 6) is 0.168. The van der Waals surface area contributed by atoms with Gasteiger partial charge in [0.1, 0.15) is 0 Å². The smallest absolute Gasteiger partial charge is 0.223 e. The summed E-state index contributed by atoms with van der Waals surface area (Å²) in [4.78, 5) is 13.4. The number of rotatable bonds is 4. The van der Waals surface area contributed by atoms with E-state index in [2.05, 4.69) is 0 Å². The molecule has 92 valence electrons. The number of benzene rings is 1. The second-order valence-corrected chi connectivity index (χ2v) is 4.51. The van der Waals surface area contributed by atoms with E-state index >= 15 is 0 Å². The largest absolute Gasteiger partial charge is 0.396 e. The Labute approximate surface area is 100 Å². The SMILES string of the molecule is O=C1CC(CO)CN1Cc1cccc(CO)c1. The molecule has 2 N–H and O–H groups in total. The number of aliphatic hydroxyl groups is 2. The van der Waals surface area contributed by atoms with Crippen LogP contribution < -0.4 is 0 Å². The number of amides is 1. The van der Waals surface area contributed by atoms with E-state index in [0.717, 1.165) is 11.1 Å². The molecular weight excluding hydrogens is 218 g/mol. The molecule has 1 atom stereocenters. The molecule has 0 saturated carbocycles. The zero-order chi connectivity index (χ0) is 12.3. The van der Waals surface area contributed by atoms with Crippen molar-refractivity contribution >= 4 is 5.91 Å². The second-order valence-electron chi connectivity index (χ2n) is 4.51. The summed E-state index contributed by atoms with van der Waals surface area (Å²) in [6, 6.07) is 7.58. The molecule has 0 radical (unpaired) electrons. The maximum absolute atomic E-state index is 11.7. The first-order valence-electron chi connectivity index (χ1n) is 5.80. The molecule has 1 aliphatic rings. The van der Waals surface area contributed by atoms with E-state index in [0.29, 0.717) is 19.5 Å². The molecule has 0 bridgehead atoms. The Morgan fingerprint density at radius 3 is 2.71 bits per heavy atom. The summed E-state index contributed by atoms with van der Waals surface area (Å²) in [6.45, 7) is 1.27. The first-order chi connectivity index (χ1) is 8.22. The molecular formula is C13H17NO3. The van der Waals surface area contributed by atoms with Crippen LogP contribution in [0, 0.1) is 5.92 Å². The minimum Gasteiger partial charge on any atom is -0.396 e. The minimum atomic E-state index is 0.0149. The van der Waals surface area contributed by atoms with E-state index in [1.54, 1.807) is 4.90 Å². The predicted molar refractivity (Wildman–Crippen MR) is 63.0 cm³/mol. The molecule has 4 nitrogen and oxygen atoms in total. The van der Waals surface area contributed by atoms with Crippen molar-refractivity contribution in [2.75, 3.05) is 13.2 Å². The highest BCUT2D eigenvalue weighted by Crippen LogP contribution is 2.19. The fraction of sp³-hybridized carbons (Fsp3) is 0.462. The topological polar surface area (TPSA) is 60.8 Å². The molecule has 2 rings (SSSR count). The molecule has 1 amide bonds. The minimum absolute atomic E-state index is 0.0149. The number of nitrogens with zero attached hydrogens (tertiary/aromatic N) is 1. The lowest BCUT2D eigenvalue weighted by Gasteiger charge is -2.16. The Bertz CT molecular complexity index is 405. The van der Waals surface area contributed by atoms with Crippen LogP contribution in [-0.2, 0) is 17.9 Å². The van der Waals surface area contributed by atoms with E-state index in [-0.39, 0.29) is 25.0 Å².